The number of hydrogen-bond donors (Lipinski definition) is 0. The summed E-state index contributed by atoms with van der Waals surface area (Å²) in [5.74, 6) is 2.30. The van der Waals surface area contributed by atoms with Crippen LogP contribution in [0.3, 0.4) is 0 Å². The molecular weight excluding hydrogens is 382 g/mol. The molecule has 0 N–H and O–H groups in total. The Morgan fingerprint density at radius 2 is 1.86 bits per heavy atom. The summed E-state index contributed by atoms with van der Waals surface area (Å²) in [6.07, 6.45) is 5.77. The van der Waals surface area contributed by atoms with Crippen molar-refractivity contribution in [2.45, 2.75) is 24.8 Å². The van der Waals surface area contributed by atoms with E-state index in [2.05, 4.69) is 50.5 Å². The topological polar surface area (TPSA) is 61.1 Å². The Bertz CT molecular complexity index is 1290. The van der Waals surface area contributed by atoms with Gasteiger partial charge in [-0.3, -0.25) is 4.57 Å². The van der Waals surface area contributed by atoms with Crippen molar-refractivity contribution in [1.29, 1.82) is 0 Å². The number of benzene rings is 1. The summed E-state index contributed by atoms with van der Waals surface area (Å²) in [4.78, 5) is 4.77. The number of thioether (sulfide) groups is 1. The standard InChI is InChI=1S/C22H19N5OS/c1-15-7-6-11-26-13-17(23-20(15)26)14-29-22-25-24-21(19-10-12-28-16(19)2)27(22)18-8-4-3-5-9-18/h3-13H,14H2,1-2H3. The first-order valence-corrected chi connectivity index (χ1v) is 10.3. The van der Waals surface area contributed by atoms with Crippen LogP contribution in [0.15, 0.2) is 76.8 Å². The fourth-order valence-corrected chi connectivity index (χ4v) is 4.21. The number of imidazole rings is 1. The lowest BCUT2D eigenvalue weighted by Gasteiger charge is -2.09. The molecule has 0 atom stereocenters. The van der Waals surface area contributed by atoms with E-state index in [0.717, 1.165) is 44.9 Å². The highest BCUT2D eigenvalue weighted by atomic mass is 32.2. The second-order valence-electron chi connectivity index (χ2n) is 6.81. The van der Waals surface area contributed by atoms with E-state index in [0.29, 0.717) is 5.75 Å². The number of aromatic nitrogens is 5. The molecule has 5 rings (SSSR count). The van der Waals surface area contributed by atoms with Crippen molar-refractivity contribution >= 4 is 17.4 Å². The molecule has 0 bridgehead atoms. The van der Waals surface area contributed by atoms with Crippen molar-refractivity contribution in [2.75, 3.05) is 0 Å². The summed E-state index contributed by atoms with van der Waals surface area (Å²) in [6.45, 7) is 4.01. The molecule has 6 nitrogen and oxygen atoms in total. The number of fused-ring (bicyclic) bond motifs is 1. The van der Waals surface area contributed by atoms with Gasteiger partial charge >= 0.3 is 0 Å². The highest BCUT2D eigenvalue weighted by Crippen LogP contribution is 2.31. The number of pyridine rings is 1. The zero-order chi connectivity index (χ0) is 19.8. The van der Waals surface area contributed by atoms with Gasteiger partial charge in [-0.2, -0.15) is 0 Å². The summed E-state index contributed by atoms with van der Waals surface area (Å²) in [5, 5.41) is 9.77. The van der Waals surface area contributed by atoms with E-state index in [1.165, 1.54) is 0 Å². The Morgan fingerprint density at radius 1 is 1.00 bits per heavy atom. The van der Waals surface area contributed by atoms with Crippen LogP contribution in [0.5, 0.6) is 0 Å². The van der Waals surface area contributed by atoms with Crippen LogP contribution in [0.4, 0.5) is 0 Å². The number of hydrogen-bond acceptors (Lipinski definition) is 5. The molecule has 0 fully saturated rings. The van der Waals surface area contributed by atoms with Crippen molar-refractivity contribution in [1.82, 2.24) is 24.1 Å². The first kappa shape index (κ1) is 17.8. The van der Waals surface area contributed by atoms with Gasteiger partial charge in [0, 0.05) is 23.8 Å². The Morgan fingerprint density at radius 3 is 2.62 bits per heavy atom. The number of rotatable bonds is 5. The molecule has 0 radical (unpaired) electrons. The van der Waals surface area contributed by atoms with E-state index >= 15 is 0 Å². The van der Waals surface area contributed by atoms with Crippen LogP contribution in [0.25, 0.3) is 22.7 Å². The van der Waals surface area contributed by atoms with Gasteiger partial charge in [-0.1, -0.05) is 36.0 Å². The molecule has 0 unspecified atom stereocenters. The fraction of sp³-hybridized carbons (Fsp3) is 0.136. The molecule has 4 heterocycles. The van der Waals surface area contributed by atoms with Gasteiger partial charge in [0.1, 0.15) is 11.4 Å². The predicted molar refractivity (Wildman–Crippen MR) is 113 cm³/mol. The molecule has 4 aromatic heterocycles. The van der Waals surface area contributed by atoms with Crippen molar-refractivity contribution < 1.29 is 4.42 Å². The van der Waals surface area contributed by atoms with Crippen LogP contribution in [-0.2, 0) is 5.75 Å². The van der Waals surface area contributed by atoms with E-state index in [9.17, 15) is 0 Å². The molecule has 29 heavy (non-hydrogen) atoms. The molecule has 0 spiro atoms. The Kier molecular flexibility index (Phi) is 4.44. The molecule has 0 aliphatic carbocycles. The highest BCUT2D eigenvalue weighted by molar-refractivity contribution is 7.98. The molecule has 0 amide bonds. The lowest BCUT2D eigenvalue weighted by Crippen LogP contribution is -1.99. The third-order valence-electron chi connectivity index (χ3n) is 4.82. The predicted octanol–water partition coefficient (Wildman–Crippen LogP) is 5.08. The van der Waals surface area contributed by atoms with Gasteiger partial charge in [-0.15, -0.1) is 10.2 Å². The molecule has 144 valence electrons. The van der Waals surface area contributed by atoms with Gasteiger partial charge in [0.05, 0.1) is 17.5 Å². The van der Waals surface area contributed by atoms with E-state index in [1.807, 2.05) is 43.5 Å². The van der Waals surface area contributed by atoms with E-state index in [1.54, 1.807) is 18.0 Å². The minimum atomic E-state index is 0.705. The van der Waals surface area contributed by atoms with Gasteiger partial charge in [0.25, 0.3) is 0 Å². The summed E-state index contributed by atoms with van der Waals surface area (Å²) >= 11 is 1.62. The lowest BCUT2D eigenvalue weighted by molar-refractivity contribution is 0.535. The van der Waals surface area contributed by atoms with E-state index in [-0.39, 0.29) is 0 Å². The van der Waals surface area contributed by atoms with Crippen LogP contribution in [0, 0.1) is 13.8 Å². The SMILES string of the molecule is Cc1occc1-c1nnc(SCc2cn3cccc(C)c3n2)n1-c1ccccc1. The number of para-hydroxylation sites is 1. The molecule has 0 saturated heterocycles. The summed E-state index contributed by atoms with van der Waals surface area (Å²) in [6, 6.07) is 16.2. The molecule has 0 saturated carbocycles. The first-order chi connectivity index (χ1) is 14.2. The molecule has 5 aromatic rings. The van der Waals surface area contributed by atoms with Crippen molar-refractivity contribution in [2.24, 2.45) is 0 Å². The van der Waals surface area contributed by atoms with Gasteiger partial charge in [-0.25, -0.2) is 4.98 Å². The van der Waals surface area contributed by atoms with Crippen LogP contribution >= 0.6 is 11.8 Å². The third kappa shape index (κ3) is 3.23. The molecule has 7 heteroatoms. The second-order valence-corrected chi connectivity index (χ2v) is 7.75. The number of furan rings is 1. The van der Waals surface area contributed by atoms with Crippen LogP contribution in [0.1, 0.15) is 17.0 Å². The Labute approximate surface area is 172 Å². The van der Waals surface area contributed by atoms with Crippen LogP contribution in [0.2, 0.25) is 0 Å². The Balaban J connectivity index is 1.52. The van der Waals surface area contributed by atoms with E-state index < -0.39 is 0 Å². The van der Waals surface area contributed by atoms with Crippen molar-refractivity contribution in [3.63, 3.8) is 0 Å². The average Bonchev–Trinajstić information content (AvgIpc) is 3.45. The highest BCUT2D eigenvalue weighted by Gasteiger charge is 2.19. The first-order valence-electron chi connectivity index (χ1n) is 9.32. The van der Waals surface area contributed by atoms with Gasteiger partial charge in [0.2, 0.25) is 0 Å². The minimum absolute atomic E-state index is 0.705. The summed E-state index contributed by atoms with van der Waals surface area (Å²) < 4.78 is 9.63. The maximum Gasteiger partial charge on any atom is 0.196 e. The number of nitrogens with zero attached hydrogens (tertiary/aromatic N) is 5. The molecule has 1 aromatic carbocycles. The molecule has 0 aliphatic heterocycles. The Hall–Kier alpha value is -3.32. The summed E-state index contributed by atoms with van der Waals surface area (Å²) in [7, 11) is 0. The van der Waals surface area contributed by atoms with Gasteiger partial charge < -0.3 is 8.82 Å². The largest absolute Gasteiger partial charge is 0.469 e. The fourth-order valence-electron chi connectivity index (χ4n) is 3.38. The third-order valence-corrected chi connectivity index (χ3v) is 5.79. The number of aryl methyl sites for hydroxylation is 2. The van der Waals surface area contributed by atoms with Crippen LogP contribution in [-0.4, -0.2) is 24.1 Å². The van der Waals surface area contributed by atoms with Crippen molar-refractivity contribution in [3.05, 3.63) is 84.2 Å². The quantitative estimate of drug-likeness (QED) is 0.384. The smallest absolute Gasteiger partial charge is 0.196 e. The zero-order valence-corrected chi connectivity index (χ0v) is 16.9. The maximum atomic E-state index is 5.49. The van der Waals surface area contributed by atoms with Gasteiger partial charge in [-0.05, 0) is 43.7 Å². The minimum Gasteiger partial charge on any atom is -0.469 e. The van der Waals surface area contributed by atoms with Crippen molar-refractivity contribution in [3.8, 4) is 17.1 Å². The van der Waals surface area contributed by atoms with Gasteiger partial charge in [0.15, 0.2) is 11.0 Å². The normalized spacial score (nSPS) is 11.4. The lowest BCUT2D eigenvalue weighted by atomic mass is 10.2. The maximum absolute atomic E-state index is 5.49. The molecule has 0 aliphatic rings. The second kappa shape index (κ2) is 7.25. The summed E-state index contributed by atoms with van der Waals surface area (Å²) in [5.41, 5.74) is 5.11. The average molecular weight is 401 g/mol. The monoisotopic (exact) mass is 401 g/mol. The van der Waals surface area contributed by atoms with Crippen LogP contribution < -0.4 is 0 Å². The zero-order valence-electron chi connectivity index (χ0n) is 16.1. The van der Waals surface area contributed by atoms with E-state index in [4.69, 9.17) is 9.40 Å². The molecular formula is C22H19N5OS.